The van der Waals surface area contributed by atoms with E-state index >= 15 is 0 Å². The quantitative estimate of drug-likeness (QED) is 0.854. The van der Waals surface area contributed by atoms with Gasteiger partial charge in [0.05, 0.1) is 4.47 Å². The molecule has 1 N–H and O–H groups in total. The van der Waals surface area contributed by atoms with Crippen LogP contribution >= 0.6 is 15.9 Å². The van der Waals surface area contributed by atoms with Crippen LogP contribution < -0.4 is 10.2 Å². The zero-order valence-electron chi connectivity index (χ0n) is 13.4. The van der Waals surface area contributed by atoms with E-state index in [4.69, 9.17) is 4.98 Å². The van der Waals surface area contributed by atoms with E-state index in [1.165, 1.54) is 19.3 Å². The monoisotopic (exact) mass is 354 g/mol. The highest BCUT2D eigenvalue weighted by molar-refractivity contribution is 9.10. The van der Waals surface area contributed by atoms with E-state index < -0.39 is 0 Å². The fourth-order valence-corrected chi connectivity index (χ4v) is 3.34. The predicted octanol–water partition coefficient (Wildman–Crippen LogP) is 4.32. The van der Waals surface area contributed by atoms with Gasteiger partial charge in [-0.15, -0.1) is 0 Å². The average molecular weight is 355 g/mol. The van der Waals surface area contributed by atoms with Crippen molar-refractivity contribution in [1.82, 2.24) is 9.97 Å². The van der Waals surface area contributed by atoms with Gasteiger partial charge >= 0.3 is 0 Å². The summed E-state index contributed by atoms with van der Waals surface area (Å²) in [5.41, 5.74) is 0. The summed E-state index contributed by atoms with van der Waals surface area (Å²) in [6, 6.07) is 0. The summed E-state index contributed by atoms with van der Waals surface area (Å²) in [7, 11) is 0. The van der Waals surface area contributed by atoms with Crippen molar-refractivity contribution in [1.29, 1.82) is 0 Å². The molecule has 0 spiro atoms. The Morgan fingerprint density at radius 3 is 2.90 bits per heavy atom. The van der Waals surface area contributed by atoms with Crippen LogP contribution in [-0.2, 0) is 0 Å². The van der Waals surface area contributed by atoms with Gasteiger partial charge in [0.1, 0.15) is 5.82 Å². The van der Waals surface area contributed by atoms with E-state index in [2.05, 4.69) is 51.9 Å². The van der Waals surface area contributed by atoms with Gasteiger partial charge in [0, 0.05) is 25.8 Å². The van der Waals surface area contributed by atoms with Crippen molar-refractivity contribution in [3.8, 4) is 0 Å². The lowest BCUT2D eigenvalue weighted by atomic mass is 9.89. The number of rotatable bonds is 5. The molecule has 1 unspecified atom stereocenters. The topological polar surface area (TPSA) is 41.1 Å². The molecule has 0 aliphatic carbocycles. The Hall–Kier alpha value is -0.840. The van der Waals surface area contributed by atoms with E-state index in [0.717, 1.165) is 54.1 Å². The highest BCUT2D eigenvalue weighted by atomic mass is 79.9. The molecule has 4 nitrogen and oxygen atoms in total. The minimum atomic E-state index is 0.736. The van der Waals surface area contributed by atoms with Gasteiger partial charge in [-0.1, -0.05) is 20.8 Å². The molecule has 0 saturated carbocycles. The lowest BCUT2D eigenvalue weighted by Crippen LogP contribution is -2.26. The summed E-state index contributed by atoms with van der Waals surface area (Å²) in [6.07, 6.45) is 6.78. The first-order valence-electron chi connectivity index (χ1n) is 8.13. The molecule has 1 aliphatic rings. The molecule has 2 heterocycles. The van der Waals surface area contributed by atoms with Crippen LogP contribution in [-0.4, -0.2) is 29.6 Å². The number of anilines is 2. The zero-order valence-corrected chi connectivity index (χ0v) is 15.0. The molecule has 5 heteroatoms. The Kier molecular flexibility index (Phi) is 6.27. The third-order valence-corrected chi connectivity index (χ3v) is 4.83. The highest BCUT2D eigenvalue weighted by Crippen LogP contribution is 2.30. The van der Waals surface area contributed by atoms with Crippen molar-refractivity contribution in [2.75, 3.05) is 29.9 Å². The first-order chi connectivity index (χ1) is 10.1. The smallest absolute Gasteiger partial charge is 0.224 e. The molecule has 1 aromatic heterocycles. The van der Waals surface area contributed by atoms with Crippen LogP contribution in [0, 0.1) is 11.8 Å². The van der Waals surface area contributed by atoms with Gasteiger partial charge in [-0.2, -0.15) is 4.98 Å². The van der Waals surface area contributed by atoms with Crippen LogP contribution in [0.15, 0.2) is 10.7 Å². The van der Waals surface area contributed by atoms with Crippen LogP contribution in [0.1, 0.15) is 46.5 Å². The Bertz CT molecular complexity index is 450. The van der Waals surface area contributed by atoms with Crippen molar-refractivity contribution in [2.24, 2.45) is 11.8 Å². The van der Waals surface area contributed by atoms with Gasteiger partial charge < -0.3 is 10.2 Å². The third-order valence-electron chi connectivity index (χ3n) is 4.27. The van der Waals surface area contributed by atoms with Crippen molar-refractivity contribution in [2.45, 2.75) is 46.5 Å². The minimum Gasteiger partial charge on any atom is -0.356 e. The Balaban J connectivity index is 2.09. The highest BCUT2D eigenvalue weighted by Gasteiger charge is 2.21. The van der Waals surface area contributed by atoms with E-state index in [1.54, 1.807) is 0 Å². The summed E-state index contributed by atoms with van der Waals surface area (Å²) in [4.78, 5) is 11.5. The molecule has 2 rings (SSSR count). The normalized spacial score (nSPS) is 19.7. The van der Waals surface area contributed by atoms with Crippen LogP contribution in [0.4, 0.5) is 11.8 Å². The maximum atomic E-state index is 4.70. The van der Waals surface area contributed by atoms with Gasteiger partial charge in [-0.3, -0.25) is 0 Å². The molecule has 21 heavy (non-hydrogen) atoms. The third kappa shape index (κ3) is 4.56. The predicted molar refractivity (Wildman–Crippen MR) is 92.9 cm³/mol. The van der Waals surface area contributed by atoms with Gasteiger partial charge in [0.25, 0.3) is 0 Å². The Morgan fingerprint density at radius 1 is 1.38 bits per heavy atom. The molecule has 1 aliphatic heterocycles. The van der Waals surface area contributed by atoms with Crippen LogP contribution in [0.25, 0.3) is 0 Å². The standard InChI is InChI=1S/C16H27BrN4/c1-4-8-18-16-19-11-14(17)15(20-16)21-9-5-6-13(7-10-21)12(2)3/h11-13H,4-10H2,1-3H3,(H,18,19,20). The van der Waals surface area contributed by atoms with Crippen molar-refractivity contribution < 1.29 is 0 Å². The van der Waals surface area contributed by atoms with Gasteiger partial charge in [0.15, 0.2) is 0 Å². The lowest BCUT2D eigenvalue weighted by Gasteiger charge is -2.23. The van der Waals surface area contributed by atoms with Crippen molar-refractivity contribution >= 4 is 27.7 Å². The first kappa shape index (κ1) is 16.5. The second kappa shape index (κ2) is 7.97. The van der Waals surface area contributed by atoms with Crippen LogP contribution in [0.5, 0.6) is 0 Å². The molecule has 1 saturated heterocycles. The van der Waals surface area contributed by atoms with E-state index in [9.17, 15) is 0 Å². The number of aromatic nitrogens is 2. The maximum absolute atomic E-state index is 4.70. The van der Waals surface area contributed by atoms with Crippen LogP contribution in [0.3, 0.4) is 0 Å². The summed E-state index contributed by atoms with van der Waals surface area (Å²) < 4.78 is 0.993. The summed E-state index contributed by atoms with van der Waals surface area (Å²) in [5, 5.41) is 3.27. The number of hydrogen-bond donors (Lipinski definition) is 1. The number of nitrogens with zero attached hydrogens (tertiary/aromatic N) is 3. The van der Waals surface area contributed by atoms with E-state index in [1.807, 2.05) is 6.20 Å². The summed E-state index contributed by atoms with van der Waals surface area (Å²) >= 11 is 3.61. The zero-order chi connectivity index (χ0) is 15.2. The molecular formula is C16H27BrN4. The van der Waals surface area contributed by atoms with Crippen molar-refractivity contribution in [3.05, 3.63) is 10.7 Å². The fraction of sp³-hybridized carbons (Fsp3) is 0.750. The fourth-order valence-electron chi connectivity index (χ4n) is 2.90. The molecule has 1 aromatic rings. The number of nitrogens with one attached hydrogen (secondary N) is 1. The molecule has 1 fully saturated rings. The van der Waals surface area contributed by atoms with E-state index in [-0.39, 0.29) is 0 Å². The van der Waals surface area contributed by atoms with Crippen molar-refractivity contribution in [3.63, 3.8) is 0 Å². The lowest BCUT2D eigenvalue weighted by molar-refractivity contribution is 0.351. The molecule has 0 amide bonds. The van der Waals surface area contributed by atoms with E-state index in [0.29, 0.717) is 0 Å². The van der Waals surface area contributed by atoms with Gasteiger partial charge in [-0.25, -0.2) is 4.98 Å². The minimum absolute atomic E-state index is 0.736. The molecule has 118 valence electrons. The average Bonchev–Trinajstić information content (AvgIpc) is 2.72. The summed E-state index contributed by atoms with van der Waals surface area (Å²) in [6.45, 7) is 9.92. The molecular weight excluding hydrogens is 328 g/mol. The van der Waals surface area contributed by atoms with Crippen LogP contribution in [0.2, 0.25) is 0 Å². The molecule has 0 aromatic carbocycles. The first-order valence-corrected chi connectivity index (χ1v) is 8.92. The second-order valence-corrected chi connectivity index (χ2v) is 7.07. The van der Waals surface area contributed by atoms with Gasteiger partial charge in [0.2, 0.25) is 5.95 Å². The maximum Gasteiger partial charge on any atom is 0.224 e. The number of halogens is 1. The molecule has 0 bridgehead atoms. The molecule has 0 radical (unpaired) electrons. The number of hydrogen-bond acceptors (Lipinski definition) is 4. The molecule has 1 atom stereocenters. The van der Waals surface area contributed by atoms with Gasteiger partial charge in [-0.05, 0) is 53.4 Å². The Morgan fingerprint density at radius 2 is 2.19 bits per heavy atom. The second-order valence-electron chi connectivity index (χ2n) is 6.21. The summed E-state index contributed by atoms with van der Waals surface area (Å²) in [5.74, 6) is 3.39. The SMILES string of the molecule is CCCNc1ncc(Br)c(N2CCCC(C(C)C)CC2)n1. The largest absolute Gasteiger partial charge is 0.356 e. The Labute approximate surface area is 136 Å².